The molecule has 0 aliphatic carbocycles. The van der Waals surface area contributed by atoms with E-state index in [9.17, 15) is 4.79 Å². The van der Waals surface area contributed by atoms with Crippen molar-refractivity contribution >= 4 is 11.7 Å². The molecule has 0 aliphatic heterocycles. The maximum absolute atomic E-state index is 13.3. The van der Waals surface area contributed by atoms with Gasteiger partial charge in [0.2, 0.25) is 0 Å². The molecule has 0 fully saturated rings. The lowest BCUT2D eigenvalue weighted by Gasteiger charge is -2.11. The average molecular weight is 478 g/mol. The number of hydrogen-bond donors (Lipinski definition) is 1. The van der Waals surface area contributed by atoms with Gasteiger partial charge in [0.25, 0.3) is 5.91 Å². The van der Waals surface area contributed by atoms with Gasteiger partial charge in [-0.3, -0.25) is 9.78 Å². The number of carbonyl (C=O) groups excluding carboxylic acids is 1. The van der Waals surface area contributed by atoms with E-state index in [1.54, 1.807) is 48.6 Å². The van der Waals surface area contributed by atoms with Crippen LogP contribution in [0.5, 0.6) is 11.5 Å². The highest BCUT2D eigenvalue weighted by atomic mass is 16.5. The molecule has 8 nitrogen and oxygen atoms in total. The third-order valence-corrected chi connectivity index (χ3v) is 5.47. The molecule has 0 radical (unpaired) electrons. The second-order valence-electron chi connectivity index (χ2n) is 7.84. The molecule has 0 bridgehead atoms. The van der Waals surface area contributed by atoms with Crippen LogP contribution in [0.25, 0.3) is 16.9 Å². The Balaban J connectivity index is 1.43. The van der Waals surface area contributed by atoms with E-state index in [1.165, 1.54) is 0 Å². The minimum absolute atomic E-state index is 0.246. The number of anilines is 1. The van der Waals surface area contributed by atoms with Crippen LogP contribution in [0.15, 0.2) is 104 Å². The third-order valence-electron chi connectivity index (χ3n) is 5.47. The summed E-state index contributed by atoms with van der Waals surface area (Å²) in [7, 11) is 1.62. The predicted octanol–water partition coefficient (Wildman–Crippen LogP) is 5.17. The van der Waals surface area contributed by atoms with Crippen LogP contribution in [0.4, 0.5) is 5.82 Å². The van der Waals surface area contributed by atoms with Gasteiger partial charge in [-0.15, -0.1) is 0 Å². The van der Waals surface area contributed by atoms with Crippen LogP contribution in [0.2, 0.25) is 0 Å². The molecule has 0 aliphatic rings. The number of ether oxygens (including phenoxy) is 2. The van der Waals surface area contributed by atoms with E-state index in [1.807, 2.05) is 66.7 Å². The van der Waals surface area contributed by atoms with Gasteiger partial charge in [0.05, 0.1) is 18.5 Å². The summed E-state index contributed by atoms with van der Waals surface area (Å²) in [4.78, 5) is 21.6. The smallest absolute Gasteiger partial charge is 0.277 e. The maximum Gasteiger partial charge on any atom is 0.277 e. The first-order valence-corrected chi connectivity index (χ1v) is 11.3. The van der Waals surface area contributed by atoms with Crippen LogP contribution in [0.1, 0.15) is 16.1 Å². The minimum Gasteiger partial charge on any atom is -0.497 e. The van der Waals surface area contributed by atoms with E-state index >= 15 is 0 Å². The Morgan fingerprint density at radius 2 is 1.69 bits per heavy atom. The highest BCUT2D eigenvalue weighted by molar-refractivity contribution is 6.03. The van der Waals surface area contributed by atoms with E-state index in [-0.39, 0.29) is 5.69 Å². The Morgan fingerprint density at radius 1 is 0.917 bits per heavy atom. The summed E-state index contributed by atoms with van der Waals surface area (Å²) in [5.74, 6) is 1.13. The molecular formula is C28H23N5O3. The average Bonchev–Trinajstić information content (AvgIpc) is 3.39. The lowest BCUT2D eigenvalue weighted by molar-refractivity contribution is 0.102. The zero-order valence-electron chi connectivity index (χ0n) is 19.5. The molecule has 3 aromatic heterocycles. The van der Waals surface area contributed by atoms with Crippen molar-refractivity contribution in [3.05, 3.63) is 115 Å². The van der Waals surface area contributed by atoms with Crippen LogP contribution >= 0.6 is 0 Å². The van der Waals surface area contributed by atoms with Crippen molar-refractivity contribution in [2.75, 3.05) is 12.4 Å². The summed E-state index contributed by atoms with van der Waals surface area (Å²) in [6, 6.07) is 26.3. The number of amides is 1. The molecule has 0 unspecified atom stereocenters. The SMILES string of the molecule is COc1ccc(-c2cc(C(=O)Nc3ncccc3OCc3ccncc3)nn2-c2ccccc2)cc1. The van der Waals surface area contributed by atoms with E-state index in [2.05, 4.69) is 20.4 Å². The Hall–Kier alpha value is -4.98. The van der Waals surface area contributed by atoms with Crippen molar-refractivity contribution in [1.82, 2.24) is 19.7 Å². The Morgan fingerprint density at radius 3 is 2.44 bits per heavy atom. The van der Waals surface area contributed by atoms with Crippen molar-refractivity contribution < 1.29 is 14.3 Å². The summed E-state index contributed by atoms with van der Waals surface area (Å²) >= 11 is 0. The highest BCUT2D eigenvalue weighted by Gasteiger charge is 2.19. The van der Waals surface area contributed by atoms with E-state index in [0.717, 1.165) is 28.3 Å². The summed E-state index contributed by atoms with van der Waals surface area (Å²) in [5.41, 5.74) is 3.70. The van der Waals surface area contributed by atoms with Crippen molar-refractivity contribution in [2.45, 2.75) is 6.61 Å². The third kappa shape index (κ3) is 5.07. The molecular weight excluding hydrogens is 454 g/mol. The zero-order chi connectivity index (χ0) is 24.7. The van der Waals surface area contributed by atoms with E-state index in [0.29, 0.717) is 18.2 Å². The number of rotatable bonds is 8. The number of methoxy groups -OCH3 is 1. The fourth-order valence-corrected chi connectivity index (χ4v) is 3.64. The Kier molecular flexibility index (Phi) is 6.66. The van der Waals surface area contributed by atoms with Gasteiger partial charge in [-0.05, 0) is 72.3 Å². The number of pyridine rings is 2. The number of nitrogens with one attached hydrogen (secondary N) is 1. The number of carbonyl (C=O) groups is 1. The van der Waals surface area contributed by atoms with Crippen molar-refractivity contribution in [3.8, 4) is 28.4 Å². The molecule has 0 spiro atoms. The predicted molar refractivity (Wildman–Crippen MR) is 136 cm³/mol. The van der Waals surface area contributed by atoms with Crippen LogP contribution in [0, 0.1) is 0 Å². The van der Waals surface area contributed by atoms with E-state index < -0.39 is 5.91 Å². The molecule has 1 N–H and O–H groups in total. The largest absolute Gasteiger partial charge is 0.497 e. The van der Waals surface area contributed by atoms with Gasteiger partial charge in [-0.1, -0.05) is 18.2 Å². The summed E-state index contributed by atoms with van der Waals surface area (Å²) in [6.45, 7) is 0.321. The number of para-hydroxylation sites is 1. The highest BCUT2D eigenvalue weighted by Crippen LogP contribution is 2.27. The van der Waals surface area contributed by atoms with Gasteiger partial charge in [-0.2, -0.15) is 5.10 Å². The molecule has 5 rings (SSSR count). The minimum atomic E-state index is -0.396. The summed E-state index contributed by atoms with van der Waals surface area (Å²) < 4.78 is 12.9. The molecule has 0 saturated heterocycles. The summed E-state index contributed by atoms with van der Waals surface area (Å²) in [6.07, 6.45) is 5.00. The molecule has 8 heteroatoms. The molecule has 2 aromatic carbocycles. The Labute approximate surface area is 208 Å². The van der Waals surface area contributed by atoms with Gasteiger partial charge in [0.1, 0.15) is 12.4 Å². The first-order valence-electron chi connectivity index (χ1n) is 11.3. The van der Waals surface area contributed by atoms with Crippen LogP contribution in [-0.2, 0) is 6.61 Å². The van der Waals surface area contributed by atoms with E-state index in [4.69, 9.17) is 9.47 Å². The molecule has 5 aromatic rings. The molecule has 1 amide bonds. The lowest BCUT2D eigenvalue weighted by Crippen LogP contribution is -2.15. The monoisotopic (exact) mass is 477 g/mol. The molecule has 0 saturated carbocycles. The maximum atomic E-state index is 13.3. The fourth-order valence-electron chi connectivity index (χ4n) is 3.64. The number of benzene rings is 2. The second-order valence-corrected chi connectivity index (χ2v) is 7.84. The molecule has 0 atom stereocenters. The Bertz CT molecular complexity index is 1450. The fraction of sp³-hybridized carbons (Fsp3) is 0.0714. The first-order chi connectivity index (χ1) is 17.7. The van der Waals surface area contributed by atoms with Crippen molar-refractivity contribution in [1.29, 1.82) is 0 Å². The number of hydrogen-bond acceptors (Lipinski definition) is 6. The second kappa shape index (κ2) is 10.5. The quantitative estimate of drug-likeness (QED) is 0.332. The lowest BCUT2D eigenvalue weighted by atomic mass is 10.1. The van der Waals surface area contributed by atoms with Gasteiger partial charge in [0, 0.05) is 24.2 Å². The molecule has 36 heavy (non-hydrogen) atoms. The van der Waals surface area contributed by atoms with Crippen LogP contribution in [0.3, 0.4) is 0 Å². The molecule has 3 heterocycles. The number of nitrogens with zero attached hydrogens (tertiary/aromatic N) is 4. The zero-order valence-corrected chi connectivity index (χ0v) is 19.5. The van der Waals surface area contributed by atoms with Gasteiger partial charge >= 0.3 is 0 Å². The van der Waals surface area contributed by atoms with Crippen molar-refractivity contribution in [2.24, 2.45) is 0 Å². The van der Waals surface area contributed by atoms with Crippen LogP contribution in [-0.4, -0.2) is 32.8 Å². The van der Waals surface area contributed by atoms with Crippen molar-refractivity contribution in [3.63, 3.8) is 0 Å². The standard InChI is InChI=1S/C28H23N5O3/c1-35-23-11-9-21(10-12-23)25-18-24(32-33(25)22-6-3-2-4-7-22)28(34)31-27-26(8-5-15-30-27)36-19-20-13-16-29-17-14-20/h2-18H,19H2,1H3,(H,30,31,34). The summed E-state index contributed by atoms with van der Waals surface area (Å²) in [5, 5.41) is 7.46. The number of aromatic nitrogens is 4. The normalized spacial score (nSPS) is 10.6. The molecule has 178 valence electrons. The van der Waals surface area contributed by atoms with Gasteiger partial charge in [0.15, 0.2) is 17.3 Å². The van der Waals surface area contributed by atoms with Crippen LogP contribution < -0.4 is 14.8 Å². The van der Waals surface area contributed by atoms with Gasteiger partial charge in [-0.25, -0.2) is 9.67 Å². The topological polar surface area (TPSA) is 91.2 Å². The van der Waals surface area contributed by atoms with Gasteiger partial charge < -0.3 is 14.8 Å². The first kappa shape index (κ1) is 22.8.